The maximum atomic E-state index is 12.5. The molecular formula is C15H18ClNO4S. The van der Waals surface area contributed by atoms with Gasteiger partial charge in [-0.2, -0.15) is 0 Å². The molecule has 0 saturated carbocycles. The molecule has 2 atom stereocenters. The van der Waals surface area contributed by atoms with Crippen molar-refractivity contribution < 1.29 is 17.9 Å². The molecule has 1 aromatic carbocycles. The van der Waals surface area contributed by atoms with Gasteiger partial charge in [-0.3, -0.25) is 4.79 Å². The molecule has 2 aliphatic rings. The average Bonchev–Trinajstić information content (AvgIpc) is 2.79. The van der Waals surface area contributed by atoms with Gasteiger partial charge >= 0.3 is 0 Å². The van der Waals surface area contributed by atoms with Crippen molar-refractivity contribution in [3.05, 3.63) is 34.9 Å². The Morgan fingerprint density at radius 1 is 1.32 bits per heavy atom. The Bertz CT molecular complexity index is 676. The zero-order valence-corrected chi connectivity index (χ0v) is 13.6. The van der Waals surface area contributed by atoms with Crippen LogP contribution < -0.4 is 0 Å². The maximum Gasteiger partial charge on any atom is 0.223 e. The van der Waals surface area contributed by atoms with Crippen LogP contribution in [0.3, 0.4) is 0 Å². The van der Waals surface area contributed by atoms with E-state index in [0.717, 1.165) is 5.56 Å². The summed E-state index contributed by atoms with van der Waals surface area (Å²) >= 11 is 6.10. The fourth-order valence-electron chi connectivity index (χ4n) is 3.11. The van der Waals surface area contributed by atoms with E-state index in [2.05, 4.69) is 0 Å². The van der Waals surface area contributed by atoms with Crippen molar-refractivity contribution in [2.45, 2.75) is 25.0 Å². The van der Waals surface area contributed by atoms with Gasteiger partial charge in [0.1, 0.15) is 0 Å². The third kappa shape index (κ3) is 3.29. The highest BCUT2D eigenvalue weighted by Gasteiger charge is 2.45. The molecule has 2 fully saturated rings. The number of benzene rings is 1. The Balaban J connectivity index is 1.66. The second kappa shape index (κ2) is 6.18. The summed E-state index contributed by atoms with van der Waals surface area (Å²) in [7, 11) is -3.11. The number of hydrogen-bond donors (Lipinski definition) is 0. The molecule has 2 unspecified atom stereocenters. The van der Waals surface area contributed by atoms with E-state index in [4.69, 9.17) is 16.3 Å². The van der Waals surface area contributed by atoms with Crippen LogP contribution in [0.4, 0.5) is 0 Å². The quantitative estimate of drug-likeness (QED) is 0.829. The number of aryl methyl sites for hydroxylation is 1. The Hall–Kier alpha value is -1.11. The zero-order chi connectivity index (χ0) is 15.7. The molecule has 0 radical (unpaired) electrons. The van der Waals surface area contributed by atoms with Gasteiger partial charge in [0.15, 0.2) is 9.84 Å². The van der Waals surface area contributed by atoms with Crippen LogP contribution in [0.2, 0.25) is 5.02 Å². The summed E-state index contributed by atoms with van der Waals surface area (Å²) in [5.74, 6) is -0.00289. The van der Waals surface area contributed by atoms with Gasteiger partial charge in [-0.25, -0.2) is 8.42 Å². The second-order valence-corrected chi connectivity index (χ2v) is 8.29. The van der Waals surface area contributed by atoms with Gasteiger partial charge in [-0.15, -0.1) is 0 Å². The van der Waals surface area contributed by atoms with E-state index in [1.54, 1.807) is 11.0 Å². The van der Waals surface area contributed by atoms with Crippen LogP contribution in [-0.4, -0.2) is 56.0 Å². The number of nitrogens with zero attached hydrogens (tertiary/aromatic N) is 1. The summed E-state index contributed by atoms with van der Waals surface area (Å²) in [4.78, 5) is 14.1. The summed E-state index contributed by atoms with van der Waals surface area (Å²) in [6.07, 6.45) is 0.510. The van der Waals surface area contributed by atoms with E-state index in [1.165, 1.54) is 0 Å². The highest BCUT2D eigenvalue weighted by atomic mass is 35.5. The highest BCUT2D eigenvalue weighted by Crippen LogP contribution is 2.26. The smallest absolute Gasteiger partial charge is 0.223 e. The van der Waals surface area contributed by atoms with Crippen LogP contribution >= 0.6 is 11.6 Å². The van der Waals surface area contributed by atoms with Gasteiger partial charge in [0.25, 0.3) is 0 Å². The summed E-state index contributed by atoms with van der Waals surface area (Å²) in [5, 5.41) is 0.651. The largest absolute Gasteiger partial charge is 0.373 e. The number of ether oxygens (including phenoxy) is 1. The predicted molar refractivity (Wildman–Crippen MR) is 83.7 cm³/mol. The van der Waals surface area contributed by atoms with Crippen LogP contribution in [-0.2, 0) is 25.8 Å². The van der Waals surface area contributed by atoms with Gasteiger partial charge in [0.2, 0.25) is 5.91 Å². The molecule has 7 heteroatoms. The van der Waals surface area contributed by atoms with Crippen molar-refractivity contribution >= 4 is 27.3 Å². The molecule has 0 aliphatic carbocycles. The molecule has 0 bridgehead atoms. The van der Waals surface area contributed by atoms with E-state index in [-0.39, 0.29) is 29.6 Å². The lowest BCUT2D eigenvalue weighted by Gasteiger charge is -2.36. The third-order valence-electron chi connectivity index (χ3n) is 4.22. The van der Waals surface area contributed by atoms with Crippen LogP contribution in [0.15, 0.2) is 24.3 Å². The number of halogens is 1. The molecule has 5 nitrogen and oxygen atoms in total. The molecule has 1 amide bonds. The minimum absolute atomic E-state index is 0.00942. The predicted octanol–water partition coefficient (Wildman–Crippen LogP) is 1.30. The van der Waals surface area contributed by atoms with Gasteiger partial charge in [0.05, 0.1) is 30.3 Å². The molecule has 2 heterocycles. The third-order valence-corrected chi connectivity index (χ3v) is 6.28. The lowest BCUT2D eigenvalue weighted by Crippen LogP contribution is -2.53. The van der Waals surface area contributed by atoms with E-state index in [0.29, 0.717) is 31.0 Å². The van der Waals surface area contributed by atoms with E-state index >= 15 is 0 Å². The fraction of sp³-hybridized carbons (Fsp3) is 0.533. The second-order valence-electron chi connectivity index (χ2n) is 5.73. The van der Waals surface area contributed by atoms with Gasteiger partial charge in [0, 0.05) is 18.0 Å². The zero-order valence-electron chi connectivity index (χ0n) is 12.1. The average molecular weight is 344 g/mol. The van der Waals surface area contributed by atoms with Crippen molar-refractivity contribution in [3.8, 4) is 0 Å². The molecule has 120 valence electrons. The summed E-state index contributed by atoms with van der Waals surface area (Å²) in [6.45, 7) is 0.854. The van der Waals surface area contributed by atoms with E-state index in [1.807, 2.05) is 18.2 Å². The van der Waals surface area contributed by atoms with Gasteiger partial charge < -0.3 is 9.64 Å². The van der Waals surface area contributed by atoms with Gasteiger partial charge in [-0.05, 0) is 18.1 Å². The van der Waals surface area contributed by atoms with Crippen molar-refractivity contribution in [3.63, 3.8) is 0 Å². The van der Waals surface area contributed by atoms with E-state index < -0.39 is 9.84 Å². The molecule has 2 saturated heterocycles. The minimum atomic E-state index is -3.11. The SMILES string of the molecule is O=C(CCc1ccccc1Cl)N1CCOC2CS(=O)(=O)CC21. The molecule has 0 aromatic heterocycles. The lowest BCUT2D eigenvalue weighted by atomic mass is 10.1. The van der Waals surface area contributed by atoms with Crippen LogP contribution in [0.1, 0.15) is 12.0 Å². The maximum absolute atomic E-state index is 12.5. The first-order chi connectivity index (χ1) is 10.5. The molecule has 0 spiro atoms. The van der Waals surface area contributed by atoms with Crippen molar-refractivity contribution in [2.24, 2.45) is 0 Å². The van der Waals surface area contributed by atoms with Crippen LogP contribution in [0.25, 0.3) is 0 Å². The standard InChI is InChI=1S/C15H18ClNO4S/c16-12-4-2-1-3-11(12)5-6-15(18)17-7-8-21-14-10-22(19,20)9-13(14)17/h1-4,13-14H,5-10H2. The van der Waals surface area contributed by atoms with Crippen molar-refractivity contribution in [2.75, 3.05) is 24.7 Å². The normalized spacial score (nSPS) is 26.7. The van der Waals surface area contributed by atoms with Crippen LogP contribution in [0.5, 0.6) is 0 Å². The molecule has 0 N–H and O–H groups in total. The topological polar surface area (TPSA) is 63.7 Å². The first kappa shape index (κ1) is 15.8. The molecule has 3 rings (SSSR count). The first-order valence-corrected chi connectivity index (χ1v) is 9.51. The number of sulfone groups is 1. The molecule has 22 heavy (non-hydrogen) atoms. The number of amides is 1. The first-order valence-electron chi connectivity index (χ1n) is 7.31. The Morgan fingerprint density at radius 2 is 2.09 bits per heavy atom. The lowest BCUT2D eigenvalue weighted by molar-refractivity contribution is -0.142. The molecular weight excluding hydrogens is 326 g/mol. The number of carbonyl (C=O) groups is 1. The monoisotopic (exact) mass is 343 g/mol. The van der Waals surface area contributed by atoms with Crippen molar-refractivity contribution in [1.29, 1.82) is 0 Å². The van der Waals surface area contributed by atoms with E-state index in [9.17, 15) is 13.2 Å². The molecule has 2 aliphatic heterocycles. The summed E-state index contributed by atoms with van der Waals surface area (Å²) < 4.78 is 29.0. The van der Waals surface area contributed by atoms with Gasteiger partial charge in [-0.1, -0.05) is 29.8 Å². The minimum Gasteiger partial charge on any atom is -0.373 e. The Morgan fingerprint density at radius 3 is 2.86 bits per heavy atom. The number of fused-ring (bicyclic) bond motifs is 1. The summed E-state index contributed by atoms with van der Waals surface area (Å²) in [5.41, 5.74) is 0.932. The molecule has 1 aromatic rings. The Kier molecular flexibility index (Phi) is 4.43. The Labute approximate surface area is 135 Å². The van der Waals surface area contributed by atoms with Crippen molar-refractivity contribution in [1.82, 2.24) is 4.90 Å². The number of morpholine rings is 1. The van der Waals surface area contributed by atoms with Crippen LogP contribution in [0, 0.1) is 0 Å². The highest BCUT2D eigenvalue weighted by molar-refractivity contribution is 7.91. The summed E-state index contributed by atoms with van der Waals surface area (Å²) in [6, 6.07) is 7.11. The number of rotatable bonds is 3. The number of carbonyl (C=O) groups excluding carboxylic acids is 1. The fourth-order valence-corrected chi connectivity index (χ4v) is 5.21. The number of hydrogen-bond acceptors (Lipinski definition) is 4.